The third-order valence-electron chi connectivity index (χ3n) is 4.23. The molecule has 0 radical (unpaired) electrons. The molecule has 0 saturated heterocycles. The van der Waals surface area contributed by atoms with Gasteiger partial charge in [-0.1, -0.05) is 19.0 Å². The molecule has 0 aliphatic rings. The first kappa shape index (κ1) is 17.9. The van der Waals surface area contributed by atoms with Crippen molar-refractivity contribution in [3.8, 4) is 11.4 Å². The maximum absolute atomic E-state index is 12.1. The number of benzene rings is 1. The van der Waals surface area contributed by atoms with Crippen LogP contribution >= 0.6 is 0 Å². The molecule has 0 bridgehead atoms. The Kier molecular flexibility index (Phi) is 4.88. The molecule has 4 rings (SSSR count). The maximum Gasteiger partial charge on any atom is 0.248 e. The number of aromatic nitrogens is 6. The summed E-state index contributed by atoms with van der Waals surface area (Å²) in [4.78, 5) is 23.9. The number of aryl methyl sites for hydroxylation is 1. The van der Waals surface area contributed by atoms with Crippen LogP contribution in [0.3, 0.4) is 0 Å². The van der Waals surface area contributed by atoms with E-state index < -0.39 is 0 Å². The van der Waals surface area contributed by atoms with E-state index >= 15 is 0 Å². The summed E-state index contributed by atoms with van der Waals surface area (Å²) in [5, 5.41) is 14.6. The summed E-state index contributed by atoms with van der Waals surface area (Å²) in [6, 6.07) is 7.88. The lowest BCUT2D eigenvalue weighted by atomic mass is 10.1. The van der Waals surface area contributed by atoms with E-state index in [2.05, 4.69) is 49.5 Å². The van der Waals surface area contributed by atoms with Crippen molar-refractivity contribution in [1.82, 2.24) is 30.3 Å². The molecule has 3 aromatic heterocycles. The third-order valence-corrected chi connectivity index (χ3v) is 4.23. The highest BCUT2D eigenvalue weighted by atomic mass is 16.5. The van der Waals surface area contributed by atoms with Crippen LogP contribution in [0.5, 0.6) is 0 Å². The highest BCUT2D eigenvalue weighted by Crippen LogP contribution is 2.22. The zero-order valence-electron chi connectivity index (χ0n) is 15.7. The molecular weight excluding hydrogens is 358 g/mol. The molecule has 9 nitrogen and oxygen atoms in total. The Balaban J connectivity index is 1.33. The van der Waals surface area contributed by atoms with Gasteiger partial charge in [-0.25, -0.2) is 0 Å². The normalized spacial score (nSPS) is 11.4. The van der Waals surface area contributed by atoms with Crippen molar-refractivity contribution in [2.45, 2.75) is 33.1 Å². The molecule has 0 aliphatic heterocycles. The van der Waals surface area contributed by atoms with E-state index in [4.69, 9.17) is 4.52 Å². The maximum atomic E-state index is 12.1. The van der Waals surface area contributed by atoms with E-state index in [0.29, 0.717) is 24.1 Å². The molecular formula is C19H21N7O2. The van der Waals surface area contributed by atoms with Crippen LogP contribution in [0.15, 0.2) is 35.0 Å². The molecule has 0 fully saturated rings. The second kappa shape index (κ2) is 7.63. The first-order valence-corrected chi connectivity index (χ1v) is 9.18. The smallest absolute Gasteiger partial charge is 0.248 e. The molecule has 28 heavy (non-hydrogen) atoms. The molecule has 0 saturated carbocycles. The number of amides is 1. The van der Waals surface area contributed by atoms with Crippen molar-refractivity contribution in [1.29, 1.82) is 0 Å². The SMILES string of the molecule is CC(C)Cc1nc(NC(=O)CCc2nc(-c3ccc4[nH]ccc4c3)no2)n[nH]1. The number of nitrogens with one attached hydrogen (secondary N) is 3. The lowest BCUT2D eigenvalue weighted by molar-refractivity contribution is -0.116. The fourth-order valence-electron chi connectivity index (χ4n) is 2.90. The fraction of sp³-hybridized carbons (Fsp3) is 0.316. The summed E-state index contributed by atoms with van der Waals surface area (Å²) in [7, 11) is 0. The third kappa shape index (κ3) is 4.08. The molecule has 0 atom stereocenters. The number of carbonyl (C=O) groups is 1. The number of nitrogens with zero attached hydrogens (tertiary/aromatic N) is 4. The first-order valence-electron chi connectivity index (χ1n) is 9.18. The van der Waals surface area contributed by atoms with Crippen LogP contribution in [0, 0.1) is 5.92 Å². The van der Waals surface area contributed by atoms with Crippen LogP contribution in [-0.4, -0.2) is 36.2 Å². The molecule has 1 aromatic carbocycles. The van der Waals surface area contributed by atoms with Crippen molar-refractivity contribution in [2.24, 2.45) is 5.92 Å². The summed E-state index contributed by atoms with van der Waals surface area (Å²) in [6.07, 6.45) is 3.21. The van der Waals surface area contributed by atoms with Crippen molar-refractivity contribution in [2.75, 3.05) is 5.32 Å². The Morgan fingerprint density at radius 3 is 3.00 bits per heavy atom. The number of H-pyrrole nitrogens is 2. The van der Waals surface area contributed by atoms with E-state index in [0.717, 1.165) is 28.7 Å². The van der Waals surface area contributed by atoms with E-state index in [1.165, 1.54) is 0 Å². The predicted molar refractivity (Wildman–Crippen MR) is 103 cm³/mol. The number of fused-ring (bicyclic) bond motifs is 1. The number of anilines is 1. The second-order valence-electron chi connectivity index (χ2n) is 7.04. The van der Waals surface area contributed by atoms with Crippen LogP contribution < -0.4 is 5.32 Å². The van der Waals surface area contributed by atoms with Gasteiger partial charge in [0.1, 0.15) is 5.82 Å². The van der Waals surface area contributed by atoms with Gasteiger partial charge in [-0.05, 0) is 30.2 Å². The summed E-state index contributed by atoms with van der Waals surface area (Å²) in [5.74, 6) is 2.21. The Morgan fingerprint density at radius 1 is 1.25 bits per heavy atom. The van der Waals surface area contributed by atoms with Crippen LogP contribution in [0.1, 0.15) is 32.0 Å². The summed E-state index contributed by atoms with van der Waals surface area (Å²) >= 11 is 0. The number of hydrogen-bond donors (Lipinski definition) is 3. The zero-order chi connectivity index (χ0) is 19.5. The van der Waals surface area contributed by atoms with Gasteiger partial charge in [0.25, 0.3) is 0 Å². The first-order chi connectivity index (χ1) is 13.6. The second-order valence-corrected chi connectivity index (χ2v) is 7.04. The van der Waals surface area contributed by atoms with Gasteiger partial charge in [-0.15, -0.1) is 5.10 Å². The Hall–Kier alpha value is -3.49. The topological polar surface area (TPSA) is 125 Å². The van der Waals surface area contributed by atoms with Crippen LogP contribution in [0.25, 0.3) is 22.3 Å². The minimum Gasteiger partial charge on any atom is -0.361 e. The van der Waals surface area contributed by atoms with E-state index in [1.807, 2.05) is 30.5 Å². The molecule has 4 aromatic rings. The van der Waals surface area contributed by atoms with Gasteiger partial charge in [-0.2, -0.15) is 9.97 Å². The zero-order valence-corrected chi connectivity index (χ0v) is 15.7. The minimum atomic E-state index is -0.205. The average molecular weight is 379 g/mol. The van der Waals surface area contributed by atoms with Gasteiger partial charge in [0.05, 0.1) is 0 Å². The molecule has 144 valence electrons. The molecule has 3 N–H and O–H groups in total. The summed E-state index contributed by atoms with van der Waals surface area (Å²) in [5.41, 5.74) is 1.91. The van der Waals surface area contributed by atoms with Gasteiger partial charge in [-0.3, -0.25) is 15.2 Å². The van der Waals surface area contributed by atoms with Crippen LogP contribution in [-0.2, 0) is 17.6 Å². The van der Waals surface area contributed by atoms with Gasteiger partial charge in [0.15, 0.2) is 0 Å². The van der Waals surface area contributed by atoms with Gasteiger partial charge >= 0.3 is 0 Å². The van der Waals surface area contributed by atoms with E-state index in [9.17, 15) is 4.79 Å². The lowest BCUT2D eigenvalue weighted by Gasteiger charge is -1.99. The lowest BCUT2D eigenvalue weighted by Crippen LogP contribution is -2.13. The molecule has 0 unspecified atom stereocenters. The average Bonchev–Trinajstić information content (AvgIpc) is 3.39. The highest BCUT2D eigenvalue weighted by molar-refractivity contribution is 5.89. The van der Waals surface area contributed by atoms with Gasteiger partial charge < -0.3 is 9.51 Å². The van der Waals surface area contributed by atoms with Crippen molar-refractivity contribution < 1.29 is 9.32 Å². The summed E-state index contributed by atoms with van der Waals surface area (Å²) < 4.78 is 5.27. The number of carbonyl (C=O) groups excluding carboxylic acids is 1. The number of hydrogen-bond acceptors (Lipinski definition) is 6. The quantitative estimate of drug-likeness (QED) is 0.453. The van der Waals surface area contributed by atoms with Crippen molar-refractivity contribution >= 4 is 22.8 Å². The molecule has 3 heterocycles. The van der Waals surface area contributed by atoms with Gasteiger partial charge in [0, 0.05) is 41.9 Å². The minimum absolute atomic E-state index is 0.201. The molecule has 1 amide bonds. The van der Waals surface area contributed by atoms with Crippen molar-refractivity contribution in [3.63, 3.8) is 0 Å². The molecule has 0 spiro atoms. The molecule has 9 heteroatoms. The predicted octanol–water partition coefficient (Wildman–Crippen LogP) is 3.11. The Bertz CT molecular complexity index is 1090. The monoisotopic (exact) mass is 379 g/mol. The number of aromatic amines is 2. The number of rotatable bonds is 7. The van der Waals surface area contributed by atoms with Gasteiger partial charge in [0.2, 0.25) is 23.6 Å². The summed E-state index contributed by atoms with van der Waals surface area (Å²) in [6.45, 7) is 4.19. The van der Waals surface area contributed by atoms with Crippen LogP contribution in [0.4, 0.5) is 5.95 Å². The van der Waals surface area contributed by atoms with Crippen LogP contribution in [0.2, 0.25) is 0 Å². The highest BCUT2D eigenvalue weighted by Gasteiger charge is 2.13. The largest absolute Gasteiger partial charge is 0.361 e. The fourth-order valence-corrected chi connectivity index (χ4v) is 2.90. The standard InChI is InChI=1S/C19H21N7O2/c1-11(2)9-15-21-19(25-24-15)22-16(27)5-6-17-23-18(26-28-17)13-3-4-14-12(10-13)7-8-20-14/h3-4,7-8,10-11,20H,5-6,9H2,1-2H3,(H2,21,22,24,25,27). The van der Waals surface area contributed by atoms with E-state index in [1.54, 1.807) is 0 Å². The molecule has 0 aliphatic carbocycles. The Morgan fingerprint density at radius 2 is 2.14 bits per heavy atom. The van der Waals surface area contributed by atoms with E-state index in [-0.39, 0.29) is 18.3 Å². The van der Waals surface area contributed by atoms with Crippen molar-refractivity contribution in [3.05, 3.63) is 42.2 Å². The Labute approximate surface area is 161 Å².